The van der Waals surface area contributed by atoms with Crippen molar-refractivity contribution in [1.82, 2.24) is 4.31 Å². The Morgan fingerprint density at radius 1 is 1.03 bits per heavy atom. The lowest BCUT2D eigenvalue weighted by Gasteiger charge is -2.23. The molecule has 0 aliphatic heterocycles. The minimum Gasteiger partial charge on any atom is -0.495 e. The van der Waals surface area contributed by atoms with Crippen LogP contribution < -0.4 is 10.1 Å². The molecule has 0 aromatic heterocycles. The molecule has 0 saturated heterocycles. The molecular weight excluding hydrogens is 419 g/mol. The normalized spacial score (nSPS) is 11.4. The van der Waals surface area contributed by atoms with Gasteiger partial charge < -0.3 is 10.1 Å². The van der Waals surface area contributed by atoms with E-state index >= 15 is 0 Å². The molecule has 0 heterocycles. The van der Waals surface area contributed by atoms with E-state index in [1.807, 2.05) is 6.07 Å². The van der Waals surface area contributed by atoms with E-state index in [9.17, 15) is 17.6 Å². The number of carbonyl (C=O) groups excluding carboxylic acids is 1. The lowest BCUT2D eigenvalue weighted by Crippen LogP contribution is -2.37. The fraction of sp³-hybridized carbons (Fsp3) is 0.174. The summed E-state index contributed by atoms with van der Waals surface area (Å²) < 4.78 is 46.8. The van der Waals surface area contributed by atoms with Crippen LogP contribution in [0.5, 0.6) is 5.75 Å². The van der Waals surface area contributed by atoms with Gasteiger partial charge in [0.15, 0.2) is 0 Å². The van der Waals surface area contributed by atoms with E-state index in [2.05, 4.69) is 5.32 Å². The summed E-state index contributed by atoms with van der Waals surface area (Å²) in [5.41, 5.74) is 1.70. The van der Waals surface area contributed by atoms with Crippen LogP contribution in [0, 0.1) is 12.7 Å². The van der Waals surface area contributed by atoms with Gasteiger partial charge in [-0.3, -0.25) is 4.79 Å². The van der Waals surface area contributed by atoms with Gasteiger partial charge in [0.25, 0.3) is 0 Å². The molecule has 3 aromatic carbocycles. The second-order valence-electron chi connectivity index (χ2n) is 6.97. The summed E-state index contributed by atoms with van der Waals surface area (Å²) in [6.07, 6.45) is 0. The molecule has 1 amide bonds. The molecule has 0 saturated carbocycles. The molecule has 31 heavy (non-hydrogen) atoms. The molecule has 0 bridgehead atoms. The van der Waals surface area contributed by atoms with Crippen LogP contribution in [-0.2, 0) is 21.4 Å². The summed E-state index contributed by atoms with van der Waals surface area (Å²) in [4.78, 5) is 12.6. The highest BCUT2D eigenvalue weighted by Gasteiger charge is 2.30. The van der Waals surface area contributed by atoms with Crippen molar-refractivity contribution in [3.8, 4) is 5.75 Å². The SMILES string of the molecule is COc1ccc(C)cc1S(=O)(=O)N(CC(=O)Nc1cccc(F)c1)Cc1ccccc1. The van der Waals surface area contributed by atoms with Crippen molar-refractivity contribution in [3.63, 3.8) is 0 Å². The number of halogens is 1. The van der Waals surface area contributed by atoms with E-state index in [0.29, 0.717) is 0 Å². The number of amides is 1. The second kappa shape index (κ2) is 9.72. The summed E-state index contributed by atoms with van der Waals surface area (Å²) in [7, 11) is -2.70. The van der Waals surface area contributed by atoms with Crippen molar-refractivity contribution < 1.29 is 22.3 Å². The van der Waals surface area contributed by atoms with Crippen molar-refractivity contribution >= 4 is 21.6 Å². The monoisotopic (exact) mass is 442 g/mol. The number of carbonyl (C=O) groups is 1. The number of ether oxygens (including phenoxy) is 1. The maximum Gasteiger partial charge on any atom is 0.247 e. The van der Waals surface area contributed by atoms with Gasteiger partial charge in [-0.05, 0) is 48.4 Å². The molecule has 0 radical (unpaired) electrons. The number of aryl methyl sites for hydroxylation is 1. The fourth-order valence-corrected chi connectivity index (χ4v) is 4.69. The Morgan fingerprint density at radius 3 is 2.45 bits per heavy atom. The van der Waals surface area contributed by atoms with E-state index in [1.54, 1.807) is 43.3 Å². The van der Waals surface area contributed by atoms with Gasteiger partial charge >= 0.3 is 0 Å². The van der Waals surface area contributed by atoms with E-state index < -0.39 is 28.3 Å². The Kier molecular flexibility index (Phi) is 7.04. The Balaban J connectivity index is 1.94. The van der Waals surface area contributed by atoms with Gasteiger partial charge in [0, 0.05) is 12.2 Å². The molecule has 3 rings (SSSR count). The van der Waals surface area contributed by atoms with Crippen LogP contribution in [0.15, 0.2) is 77.7 Å². The van der Waals surface area contributed by atoms with Crippen molar-refractivity contribution in [2.75, 3.05) is 19.0 Å². The van der Waals surface area contributed by atoms with Crippen molar-refractivity contribution in [2.24, 2.45) is 0 Å². The zero-order valence-corrected chi connectivity index (χ0v) is 18.0. The number of nitrogens with zero attached hydrogens (tertiary/aromatic N) is 1. The predicted octanol–water partition coefficient (Wildman–Crippen LogP) is 3.97. The summed E-state index contributed by atoms with van der Waals surface area (Å²) in [5, 5.41) is 2.55. The van der Waals surface area contributed by atoms with Crippen LogP contribution in [0.2, 0.25) is 0 Å². The summed E-state index contributed by atoms with van der Waals surface area (Å²) in [6.45, 7) is 1.30. The number of nitrogens with one attached hydrogen (secondary N) is 1. The van der Waals surface area contributed by atoms with Crippen LogP contribution in [-0.4, -0.2) is 32.3 Å². The number of hydrogen-bond acceptors (Lipinski definition) is 4. The maximum absolute atomic E-state index is 13.5. The standard InChI is InChI=1S/C23H23FN2O4S/c1-17-11-12-21(30-2)22(13-17)31(28,29)26(15-18-7-4-3-5-8-18)16-23(27)25-20-10-6-9-19(24)14-20/h3-14H,15-16H2,1-2H3,(H,25,27). The topological polar surface area (TPSA) is 75.7 Å². The third kappa shape index (κ3) is 5.68. The van der Waals surface area contributed by atoms with Crippen molar-refractivity contribution in [1.29, 1.82) is 0 Å². The second-order valence-corrected chi connectivity index (χ2v) is 8.88. The zero-order chi connectivity index (χ0) is 22.4. The van der Waals surface area contributed by atoms with Crippen LogP contribution in [0.3, 0.4) is 0 Å². The van der Waals surface area contributed by atoms with E-state index in [0.717, 1.165) is 21.5 Å². The highest BCUT2D eigenvalue weighted by Crippen LogP contribution is 2.28. The number of benzene rings is 3. The lowest BCUT2D eigenvalue weighted by atomic mass is 10.2. The van der Waals surface area contributed by atoms with Gasteiger partial charge in [-0.1, -0.05) is 42.5 Å². The average Bonchev–Trinajstić information content (AvgIpc) is 2.74. The maximum atomic E-state index is 13.5. The van der Waals surface area contributed by atoms with E-state index in [-0.39, 0.29) is 22.9 Å². The third-order valence-electron chi connectivity index (χ3n) is 4.57. The van der Waals surface area contributed by atoms with Crippen LogP contribution >= 0.6 is 0 Å². The van der Waals surface area contributed by atoms with Crippen molar-refractivity contribution in [2.45, 2.75) is 18.4 Å². The number of hydrogen-bond donors (Lipinski definition) is 1. The zero-order valence-electron chi connectivity index (χ0n) is 17.2. The summed E-state index contributed by atoms with van der Waals surface area (Å²) >= 11 is 0. The Morgan fingerprint density at radius 2 is 1.77 bits per heavy atom. The largest absolute Gasteiger partial charge is 0.495 e. The molecule has 0 aliphatic carbocycles. The fourth-order valence-electron chi connectivity index (χ4n) is 3.06. The first-order chi connectivity index (χ1) is 14.8. The molecule has 8 heteroatoms. The molecular formula is C23H23FN2O4S. The third-order valence-corrected chi connectivity index (χ3v) is 6.38. The van der Waals surface area contributed by atoms with E-state index in [1.165, 1.54) is 31.4 Å². The summed E-state index contributed by atoms with van der Waals surface area (Å²) in [5.74, 6) is -0.901. The predicted molar refractivity (Wildman–Crippen MR) is 117 cm³/mol. The van der Waals surface area contributed by atoms with Crippen LogP contribution in [0.4, 0.5) is 10.1 Å². The number of methoxy groups -OCH3 is 1. The average molecular weight is 443 g/mol. The number of anilines is 1. The van der Waals surface area contributed by atoms with Crippen LogP contribution in [0.25, 0.3) is 0 Å². The Hall–Kier alpha value is -3.23. The first kappa shape index (κ1) is 22.5. The quantitative estimate of drug-likeness (QED) is 0.573. The molecule has 0 atom stereocenters. The molecule has 0 spiro atoms. The molecule has 3 aromatic rings. The van der Waals surface area contributed by atoms with E-state index in [4.69, 9.17) is 4.74 Å². The Bertz CT molecular complexity index is 1170. The first-order valence-electron chi connectivity index (χ1n) is 9.54. The lowest BCUT2D eigenvalue weighted by molar-refractivity contribution is -0.116. The number of sulfonamides is 1. The smallest absolute Gasteiger partial charge is 0.247 e. The molecule has 0 aliphatic rings. The van der Waals surface area contributed by atoms with Crippen molar-refractivity contribution in [3.05, 3.63) is 89.7 Å². The Labute approximate surface area is 181 Å². The minimum absolute atomic E-state index is 0.0170. The first-order valence-corrected chi connectivity index (χ1v) is 11.0. The highest BCUT2D eigenvalue weighted by atomic mass is 32.2. The molecule has 162 valence electrons. The van der Waals surface area contributed by atoms with Gasteiger partial charge in [-0.2, -0.15) is 4.31 Å². The molecule has 0 fully saturated rings. The molecule has 6 nitrogen and oxygen atoms in total. The van der Waals surface area contributed by atoms with Crippen LogP contribution in [0.1, 0.15) is 11.1 Å². The summed E-state index contributed by atoms with van der Waals surface area (Å²) in [6, 6.07) is 19.2. The van der Waals surface area contributed by atoms with Gasteiger partial charge in [-0.25, -0.2) is 12.8 Å². The van der Waals surface area contributed by atoms with Gasteiger partial charge in [0.2, 0.25) is 15.9 Å². The minimum atomic E-state index is -4.09. The van der Waals surface area contributed by atoms with Gasteiger partial charge in [0.05, 0.1) is 13.7 Å². The molecule has 0 unspecified atom stereocenters. The van der Waals surface area contributed by atoms with Gasteiger partial charge in [0.1, 0.15) is 16.5 Å². The highest BCUT2D eigenvalue weighted by molar-refractivity contribution is 7.89. The number of rotatable bonds is 8. The molecule has 1 N–H and O–H groups in total. The van der Waals surface area contributed by atoms with Gasteiger partial charge in [-0.15, -0.1) is 0 Å².